The molecule has 0 saturated carbocycles. The third-order valence-corrected chi connectivity index (χ3v) is 4.03. The van der Waals surface area contributed by atoms with E-state index in [4.69, 9.17) is 0 Å². The largest absolute Gasteiger partial charge is 0.366 e. The quantitative estimate of drug-likeness (QED) is 0.552. The van der Waals surface area contributed by atoms with Crippen LogP contribution < -0.4 is 0 Å². The molecule has 116 valence electrons. The molecule has 0 radical (unpaired) electrons. The van der Waals surface area contributed by atoms with E-state index in [2.05, 4.69) is 15.2 Å². The van der Waals surface area contributed by atoms with E-state index in [1.54, 1.807) is 12.4 Å². The van der Waals surface area contributed by atoms with Gasteiger partial charge in [0.2, 0.25) is 5.78 Å². The van der Waals surface area contributed by atoms with Crippen LogP contribution in [0.1, 0.15) is 16.1 Å². The monoisotopic (exact) mass is 313 g/mol. The summed E-state index contributed by atoms with van der Waals surface area (Å²) in [7, 11) is 0. The SMILES string of the molecule is O=C(c1c[nH]cc1-c1ccccc1)c1[nH]ncc1-c1ccccc1. The maximum absolute atomic E-state index is 13.1. The molecule has 0 fully saturated rings. The van der Waals surface area contributed by atoms with Crippen LogP contribution >= 0.6 is 0 Å². The van der Waals surface area contributed by atoms with Gasteiger partial charge in [-0.15, -0.1) is 0 Å². The molecular formula is C20H15N3O. The van der Waals surface area contributed by atoms with Gasteiger partial charge in [-0.25, -0.2) is 0 Å². The zero-order valence-corrected chi connectivity index (χ0v) is 12.9. The zero-order valence-electron chi connectivity index (χ0n) is 12.9. The maximum atomic E-state index is 13.1. The van der Waals surface area contributed by atoms with Crippen LogP contribution in [0.5, 0.6) is 0 Å². The van der Waals surface area contributed by atoms with Crippen molar-refractivity contribution in [3.05, 3.63) is 90.5 Å². The summed E-state index contributed by atoms with van der Waals surface area (Å²) in [5.74, 6) is -0.0774. The number of rotatable bonds is 4. The summed E-state index contributed by atoms with van der Waals surface area (Å²) < 4.78 is 0. The number of carbonyl (C=O) groups excluding carboxylic acids is 1. The molecule has 0 aliphatic carbocycles. The third-order valence-electron chi connectivity index (χ3n) is 4.03. The molecule has 0 bridgehead atoms. The number of hydrogen-bond acceptors (Lipinski definition) is 2. The predicted molar refractivity (Wildman–Crippen MR) is 93.7 cm³/mol. The van der Waals surface area contributed by atoms with E-state index in [0.717, 1.165) is 22.3 Å². The van der Waals surface area contributed by atoms with Gasteiger partial charge in [-0.2, -0.15) is 5.10 Å². The van der Waals surface area contributed by atoms with Crippen LogP contribution in [0, 0.1) is 0 Å². The fourth-order valence-corrected chi connectivity index (χ4v) is 2.84. The minimum atomic E-state index is -0.0774. The molecular weight excluding hydrogens is 298 g/mol. The van der Waals surface area contributed by atoms with E-state index in [9.17, 15) is 4.79 Å². The minimum Gasteiger partial charge on any atom is -0.366 e. The molecule has 0 aliphatic heterocycles. The number of carbonyl (C=O) groups is 1. The molecule has 0 atom stereocenters. The van der Waals surface area contributed by atoms with Crippen LogP contribution in [-0.2, 0) is 0 Å². The van der Waals surface area contributed by atoms with Crippen LogP contribution in [0.3, 0.4) is 0 Å². The Hall–Kier alpha value is -3.40. The van der Waals surface area contributed by atoms with Crippen LogP contribution in [0.15, 0.2) is 79.3 Å². The van der Waals surface area contributed by atoms with E-state index < -0.39 is 0 Å². The molecule has 0 unspecified atom stereocenters. The molecule has 0 amide bonds. The van der Waals surface area contributed by atoms with Gasteiger partial charge in [-0.3, -0.25) is 9.89 Å². The molecule has 2 aromatic carbocycles. The summed E-state index contributed by atoms with van der Waals surface area (Å²) >= 11 is 0. The number of benzene rings is 2. The van der Waals surface area contributed by atoms with E-state index in [-0.39, 0.29) is 5.78 Å². The van der Waals surface area contributed by atoms with Crippen molar-refractivity contribution in [1.82, 2.24) is 15.2 Å². The molecule has 0 aliphatic rings. The van der Waals surface area contributed by atoms with Crippen molar-refractivity contribution in [2.75, 3.05) is 0 Å². The highest BCUT2D eigenvalue weighted by atomic mass is 16.1. The normalized spacial score (nSPS) is 10.7. The Balaban J connectivity index is 1.78. The van der Waals surface area contributed by atoms with Crippen molar-refractivity contribution < 1.29 is 4.79 Å². The van der Waals surface area contributed by atoms with E-state index >= 15 is 0 Å². The molecule has 0 saturated heterocycles. The highest BCUT2D eigenvalue weighted by Gasteiger charge is 2.21. The first-order chi connectivity index (χ1) is 11.8. The number of nitrogens with one attached hydrogen (secondary N) is 2. The Morgan fingerprint density at radius 1 is 0.792 bits per heavy atom. The van der Waals surface area contributed by atoms with Crippen molar-refractivity contribution in [3.63, 3.8) is 0 Å². The number of aromatic amines is 2. The first-order valence-electron chi connectivity index (χ1n) is 7.70. The van der Waals surface area contributed by atoms with Gasteiger partial charge in [-0.05, 0) is 11.1 Å². The van der Waals surface area contributed by atoms with Crippen LogP contribution in [-0.4, -0.2) is 21.0 Å². The Kier molecular flexibility index (Phi) is 3.56. The van der Waals surface area contributed by atoms with Gasteiger partial charge in [0.05, 0.1) is 6.20 Å². The average Bonchev–Trinajstić information content (AvgIpc) is 3.32. The lowest BCUT2D eigenvalue weighted by atomic mass is 9.97. The second kappa shape index (κ2) is 6.01. The molecule has 2 N–H and O–H groups in total. The summed E-state index contributed by atoms with van der Waals surface area (Å²) in [5, 5.41) is 6.93. The standard InChI is InChI=1S/C20H15N3O/c24-20(18-12-21-11-16(18)14-7-3-1-4-8-14)19-17(13-22-23-19)15-9-5-2-6-10-15/h1-13,21H,(H,22,23). The Morgan fingerprint density at radius 2 is 1.42 bits per heavy atom. The van der Waals surface area contributed by atoms with Crippen molar-refractivity contribution in [2.24, 2.45) is 0 Å². The molecule has 0 spiro atoms. The average molecular weight is 313 g/mol. The van der Waals surface area contributed by atoms with Gasteiger partial charge < -0.3 is 4.98 Å². The van der Waals surface area contributed by atoms with E-state index in [1.165, 1.54) is 0 Å². The number of ketones is 1. The summed E-state index contributed by atoms with van der Waals surface area (Å²) in [6, 6.07) is 19.6. The fraction of sp³-hybridized carbons (Fsp3) is 0. The second-order valence-corrected chi connectivity index (χ2v) is 5.50. The summed E-state index contributed by atoms with van der Waals surface area (Å²) in [4.78, 5) is 16.1. The smallest absolute Gasteiger partial charge is 0.213 e. The molecule has 4 rings (SSSR count). The minimum absolute atomic E-state index is 0.0774. The first kappa shape index (κ1) is 14.2. The Labute approximate surface area is 139 Å². The molecule has 24 heavy (non-hydrogen) atoms. The summed E-state index contributed by atoms with van der Waals surface area (Å²) in [6.45, 7) is 0. The van der Waals surface area contributed by atoms with E-state index in [1.807, 2.05) is 66.9 Å². The number of H-pyrrole nitrogens is 2. The molecule has 4 heteroatoms. The van der Waals surface area contributed by atoms with Crippen molar-refractivity contribution in [1.29, 1.82) is 0 Å². The second-order valence-electron chi connectivity index (χ2n) is 5.50. The summed E-state index contributed by atoms with van der Waals surface area (Å²) in [6.07, 6.45) is 5.28. The molecule has 4 aromatic rings. The van der Waals surface area contributed by atoms with E-state index in [0.29, 0.717) is 11.3 Å². The molecule has 2 aromatic heterocycles. The molecule has 2 heterocycles. The maximum Gasteiger partial charge on any atom is 0.213 e. The van der Waals surface area contributed by atoms with Crippen molar-refractivity contribution in [3.8, 4) is 22.3 Å². The number of aromatic nitrogens is 3. The van der Waals surface area contributed by atoms with Crippen molar-refractivity contribution in [2.45, 2.75) is 0 Å². The lowest BCUT2D eigenvalue weighted by molar-refractivity contribution is 0.103. The lowest BCUT2D eigenvalue weighted by Gasteiger charge is -2.05. The molecule has 4 nitrogen and oxygen atoms in total. The topological polar surface area (TPSA) is 61.5 Å². The highest BCUT2D eigenvalue weighted by molar-refractivity contribution is 6.14. The van der Waals surface area contributed by atoms with Gasteiger partial charge >= 0.3 is 0 Å². The lowest BCUT2D eigenvalue weighted by Crippen LogP contribution is -2.04. The zero-order chi connectivity index (χ0) is 16.4. The van der Waals surface area contributed by atoms with Gasteiger partial charge in [0.15, 0.2) is 0 Å². The highest BCUT2D eigenvalue weighted by Crippen LogP contribution is 2.28. The fourth-order valence-electron chi connectivity index (χ4n) is 2.84. The Bertz CT molecular complexity index is 889. The van der Waals surface area contributed by atoms with Gasteiger partial charge in [0.25, 0.3) is 0 Å². The van der Waals surface area contributed by atoms with Crippen LogP contribution in [0.4, 0.5) is 0 Å². The van der Waals surface area contributed by atoms with Gasteiger partial charge in [0.1, 0.15) is 5.69 Å². The number of hydrogen-bond donors (Lipinski definition) is 2. The predicted octanol–water partition coefficient (Wildman–Crippen LogP) is 4.30. The van der Waals surface area contributed by atoms with Gasteiger partial charge in [-0.1, -0.05) is 60.7 Å². The van der Waals surface area contributed by atoms with Crippen LogP contribution in [0.25, 0.3) is 22.3 Å². The first-order valence-corrected chi connectivity index (χ1v) is 7.70. The number of nitrogens with zero attached hydrogens (tertiary/aromatic N) is 1. The summed E-state index contributed by atoms with van der Waals surface area (Å²) in [5.41, 5.74) is 4.78. The van der Waals surface area contributed by atoms with Crippen LogP contribution in [0.2, 0.25) is 0 Å². The van der Waals surface area contributed by atoms with Gasteiger partial charge in [0, 0.05) is 29.1 Å². The Morgan fingerprint density at radius 3 is 2.08 bits per heavy atom. The van der Waals surface area contributed by atoms with Crippen molar-refractivity contribution >= 4 is 5.78 Å². The third kappa shape index (κ3) is 2.44.